The molecule has 14 nitrogen and oxygen atoms in total. The number of carbonyl (C=O) groups excluding carboxylic acids is 2. The number of hydrogen-bond donors (Lipinski definition) is 1. The quantitative estimate of drug-likeness (QED) is 0.133. The first-order valence-corrected chi connectivity index (χ1v) is 24.3. The van der Waals surface area contributed by atoms with Crippen molar-refractivity contribution < 1.29 is 23.1 Å². The second kappa shape index (κ2) is 19.7. The first kappa shape index (κ1) is 46.1. The Morgan fingerprint density at radius 3 is 2.41 bits per heavy atom. The van der Waals surface area contributed by atoms with E-state index in [4.69, 9.17) is 26.7 Å². The monoisotopic (exact) mass is 953 g/mol. The van der Waals surface area contributed by atoms with Gasteiger partial charge in [-0.1, -0.05) is 35.9 Å². The van der Waals surface area contributed by atoms with E-state index in [0.29, 0.717) is 59.2 Å². The van der Waals surface area contributed by atoms with Crippen molar-refractivity contribution in [2.75, 3.05) is 31.1 Å². The minimum absolute atomic E-state index is 0.00558. The molecule has 17 heteroatoms. The van der Waals surface area contributed by atoms with E-state index in [2.05, 4.69) is 53.3 Å². The summed E-state index contributed by atoms with van der Waals surface area (Å²) in [4.78, 5) is 32.2. The van der Waals surface area contributed by atoms with E-state index >= 15 is 0 Å². The Kier molecular flexibility index (Phi) is 13.2. The lowest BCUT2D eigenvalue weighted by Gasteiger charge is -2.34. The average molecular weight is 955 g/mol. The zero-order valence-corrected chi connectivity index (χ0v) is 39.5. The van der Waals surface area contributed by atoms with E-state index in [0.717, 1.165) is 105 Å². The average Bonchev–Trinajstić information content (AvgIpc) is 3.98. The van der Waals surface area contributed by atoms with E-state index < -0.39 is 6.43 Å². The maximum absolute atomic E-state index is 14.8. The van der Waals surface area contributed by atoms with Crippen LogP contribution in [0.3, 0.4) is 0 Å². The van der Waals surface area contributed by atoms with Crippen molar-refractivity contribution in [3.05, 3.63) is 123 Å². The number of benzene rings is 3. The standard InChI is InChI=1S/C52H54ClF2N11O3/c1-32(67)64-23-19-48-44(31-64)51(65-20-3-4-35-24-42(37-28-57-62(2)30-37)43(50(54)55)26-49(35)65)61-66(48)39-17-21-63(22-18-39)29-33-5-7-34(8-6-33)46-15-16-47(60-59-46)52(68)58-38-10-13-40(14-11-38)69-41-12-9-36(27-56)45(53)25-41/h5-9,12,15-16,24-26,28,30,38-40,50H,3-4,10-11,13-14,17-23,29,31H2,1-2H3,(H,58,68). The highest BCUT2D eigenvalue weighted by atomic mass is 35.5. The first-order valence-electron chi connectivity index (χ1n) is 23.9. The van der Waals surface area contributed by atoms with Crippen molar-refractivity contribution >= 4 is 34.9 Å². The number of nitrogens with zero attached hydrogens (tertiary/aromatic N) is 10. The molecule has 0 spiro atoms. The Bertz CT molecular complexity index is 2900. The van der Waals surface area contributed by atoms with Crippen LogP contribution in [0, 0.1) is 11.3 Å². The van der Waals surface area contributed by atoms with Gasteiger partial charge in [0.2, 0.25) is 5.91 Å². The van der Waals surface area contributed by atoms with Gasteiger partial charge < -0.3 is 19.9 Å². The Balaban J connectivity index is 0.757. The molecule has 3 aromatic carbocycles. The van der Waals surface area contributed by atoms with E-state index in [1.807, 2.05) is 29.2 Å². The molecule has 2 amide bonds. The highest BCUT2D eigenvalue weighted by molar-refractivity contribution is 6.31. The Hall–Kier alpha value is -6.70. The van der Waals surface area contributed by atoms with Gasteiger partial charge >= 0.3 is 0 Å². The van der Waals surface area contributed by atoms with Gasteiger partial charge in [-0.25, -0.2) is 8.78 Å². The number of amides is 2. The van der Waals surface area contributed by atoms with E-state index in [9.17, 15) is 18.4 Å². The third kappa shape index (κ3) is 9.80. The molecule has 0 radical (unpaired) electrons. The van der Waals surface area contributed by atoms with Crippen LogP contribution in [-0.2, 0) is 37.8 Å². The van der Waals surface area contributed by atoms with Crippen molar-refractivity contribution in [1.82, 2.24) is 44.9 Å². The number of nitrogens with one attached hydrogen (secondary N) is 1. The summed E-state index contributed by atoms with van der Waals surface area (Å²) in [5.41, 5.74) is 8.53. The molecule has 10 rings (SSSR count). The van der Waals surface area contributed by atoms with E-state index in [1.165, 1.54) is 5.56 Å². The minimum atomic E-state index is -2.67. The van der Waals surface area contributed by atoms with Gasteiger partial charge in [0.05, 0.1) is 41.2 Å². The highest BCUT2D eigenvalue weighted by Crippen LogP contribution is 2.44. The molecule has 2 fully saturated rings. The smallest absolute Gasteiger partial charge is 0.272 e. The van der Waals surface area contributed by atoms with Crippen LogP contribution in [0.1, 0.15) is 108 Å². The van der Waals surface area contributed by atoms with Crippen LogP contribution in [-0.4, -0.2) is 89.7 Å². The molecular formula is C52H54ClF2N11O3. The SMILES string of the molecule is CC(=O)N1CCc2c(c(N3CCCc4cc(-c5cnn(C)c5)c(C(F)F)cc43)nn2C2CCN(Cc3ccc(-c4ccc(C(=O)NC5CCC(Oc6ccc(C#N)c(Cl)c6)CC5)nn4)cc3)CC2)C1. The molecule has 356 valence electrons. The van der Waals surface area contributed by atoms with Crippen LogP contribution in [0.2, 0.25) is 5.02 Å². The number of ether oxygens (including phenoxy) is 1. The number of anilines is 2. The fourth-order valence-corrected chi connectivity index (χ4v) is 10.7. The van der Waals surface area contributed by atoms with Gasteiger partial charge in [0.1, 0.15) is 11.8 Å². The number of aryl methyl sites for hydroxylation is 2. The van der Waals surface area contributed by atoms with Gasteiger partial charge in [-0.05, 0) is 104 Å². The number of rotatable bonds is 11. The van der Waals surface area contributed by atoms with Crippen LogP contribution in [0.25, 0.3) is 22.4 Å². The van der Waals surface area contributed by atoms with Crippen molar-refractivity contribution in [1.29, 1.82) is 5.26 Å². The van der Waals surface area contributed by atoms with Gasteiger partial charge in [0, 0.05) is 105 Å². The molecule has 6 heterocycles. The molecule has 6 aromatic rings. The predicted molar refractivity (Wildman–Crippen MR) is 257 cm³/mol. The molecule has 0 atom stereocenters. The number of halogens is 3. The van der Waals surface area contributed by atoms with Crippen LogP contribution in [0.5, 0.6) is 5.75 Å². The van der Waals surface area contributed by atoms with Crippen molar-refractivity contribution in [2.24, 2.45) is 7.05 Å². The topological polar surface area (TPSA) is 150 Å². The highest BCUT2D eigenvalue weighted by Gasteiger charge is 2.35. The number of aromatic nitrogens is 6. The summed E-state index contributed by atoms with van der Waals surface area (Å²) in [5.74, 6) is 1.16. The maximum Gasteiger partial charge on any atom is 0.272 e. The third-order valence-corrected chi connectivity index (χ3v) is 14.5. The van der Waals surface area contributed by atoms with Crippen LogP contribution >= 0.6 is 11.6 Å². The molecule has 69 heavy (non-hydrogen) atoms. The molecule has 0 bridgehead atoms. The number of nitriles is 1. The summed E-state index contributed by atoms with van der Waals surface area (Å²) in [7, 11) is 1.78. The fraction of sp³-hybridized carbons (Fsp3) is 0.404. The van der Waals surface area contributed by atoms with Crippen molar-refractivity contribution in [2.45, 2.75) is 102 Å². The number of carbonyl (C=O) groups is 2. The van der Waals surface area contributed by atoms with Gasteiger partial charge in [0.15, 0.2) is 11.5 Å². The number of fused-ring (bicyclic) bond motifs is 2. The summed E-state index contributed by atoms with van der Waals surface area (Å²) < 4.78 is 39.4. The second-order valence-electron chi connectivity index (χ2n) is 18.7. The molecule has 0 unspecified atom stereocenters. The van der Waals surface area contributed by atoms with Crippen LogP contribution < -0.4 is 15.0 Å². The van der Waals surface area contributed by atoms with E-state index in [-0.39, 0.29) is 41.3 Å². The summed E-state index contributed by atoms with van der Waals surface area (Å²) in [6, 6.07) is 22.7. The van der Waals surface area contributed by atoms with Gasteiger partial charge in [0.25, 0.3) is 12.3 Å². The van der Waals surface area contributed by atoms with Gasteiger partial charge in [-0.3, -0.25) is 23.9 Å². The van der Waals surface area contributed by atoms with Crippen LogP contribution in [0.4, 0.5) is 20.3 Å². The third-order valence-electron chi connectivity index (χ3n) is 14.2. The Morgan fingerprint density at radius 2 is 1.72 bits per heavy atom. The number of likely N-dealkylation sites (tertiary alicyclic amines) is 1. The lowest BCUT2D eigenvalue weighted by Crippen LogP contribution is -2.40. The zero-order chi connectivity index (χ0) is 47.8. The summed E-state index contributed by atoms with van der Waals surface area (Å²) >= 11 is 6.17. The molecule has 1 aliphatic carbocycles. The molecular weight excluding hydrogens is 900 g/mol. The molecule has 4 aliphatic rings. The zero-order valence-electron chi connectivity index (χ0n) is 38.8. The van der Waals surface area contributed by atoms with Crippen molar-refractivity contribution in [3.8, 4) is 34.2 Å². The van der Waals surface area contributed by atoms with Gasteiger partial charge in [-0.2, -0.15) is 15.5 Å². The Morgan fingerprint density at radius 1 is 0.928 bits per heavy atom. The normalized spacial score (nSPS) is 18.7. The molecule has 1 N–H and O–H groups in total. The fourth-order valence-electron chi connectivity index (χ4n) is 10.5. The van der Waals surface area contributed by atoms with E-state index in [1.54, 1.807) is 61.4 Å². The van der Waals surface area contributed by atoms with Crippen molar-refractivity contribution in [3.63, 3.8) is 0 Å². The Labute approximate surface area is 404 Å². The molecule has 3 aliphatic heterocycles. The number of hydrogen-bond acceptors (Lipinski definition) is 10. The molecule has 3 aromatic heterocycles. The largest absolute Gasteiger partial charge is 0.490 e. The van der Waals surface area contributed by atoms with Gasteiger partial charge in [-0.15, -0.1) is 10.2 Å². The summed E-state index contributed by atoms with van der Waals surface area (Å²) in [6.07, 6.45) is 7.97. The first-order chi connectivity index (χ1) is 33.5. The predicted octanol–water partition coefficient (Wildman–Crippen LogP) is 9.15. The lowest BCUT2D eigenvalue weighted by atomic mass is 9.92. The molecule has 1 saturated heterocycles. The number of piperidine rings is 1. The maximum atomic E-state index is 14.8. The molecule has 1 saturated carbocycles. The number of alkyl halides is 2. The lowest BCUT2D eigenvalue weighted by molar-refractivity contribution is -0.129. The van der Waals surface area contributed by atoms with Crippen LogP contribution in [0.15, 0.2) is 79.1 Å². The minimum Gasteiger partial charge on any atom is -0.490 e. The second-order valence-corrected chi connectivity index (χ2v) is 19.1. The summed E-state index contributed by atoms with van der Waals surface area (Å²) in [5, 5.41) is 30.9. The summed E-state index contributed by atoms with van der Waals surface area (Å²) in [6.45, 7) is 5.88.